The van der Waals surface area contributed by atoms with Crippen LogP contribution in [-0.4, -0.2) is 47.2 Å². The summed E-state index contributed by atoms with van der Waals surface area (Å²) >= 11 is 0. The lowest BCUT2D eigenvalue weighted by molar-refractivity contribution is -0.132. The number of likely N-dealkylation sites (tertiary alicyclic amines) is 1. The lowest BCUT2D eigenvalue weighted by atomic mass is 10.2. The molecule has 2 N–H and O–H groups in total. The van der Waals surface area contributed by atoms with E-state index in [9.17, 15) is 9.90 Å². The fourth-order valence-corrected chi connectivity index (χ4v) is 1.82. The first-order chi connectivity index (χ1) is 7.02. The number of carbonyl (C=O) groups excluding carboxylic acids is 1. The fourth-order valence-electron chi connectivity index (χ4n) is 1.82. The number of rotatable bonds is 4. The van der Waals surface area contributed by atoms with Crippen LogP contribution in [0, 0.1) is 0 Å². The Labute approximate surface area is 91.6 Å². The van der Waals surface area contributed by atoms with Crippen LogP contribution in [0.2, 0.25) is 0 Å². The summed E-state index contributed by atoms with van der Waals surface area (Å²) in [5, 5.41) is 12.4. The van der Waals surface area contributed by atoms with Gasteiger partial charge in [0, 0.05) is 19.1 Å². The first-order valence-electron chi connectivity index (χ1n) is 5.75. The van der Waals surface area contributed by atoms with E-state index in [1.54, 1.807) is 6.92 Å². The second-order valence-corrected chi connectivity index (χ2v) is 4.45. The third-order valence-electron chi connectivity index (χ3n) is 3.02. The van der Waals surface area contributed by atoms with Crippen molar-refractivity contribution < 1.29 is 9.90 Å². The zero-order valence-corrected chi connectivity index (χ0v) is 9.86. The molecule has 1 saturated heterocycles. The number of hydrogen-bond donors (Lipinski definition) is 2. The van der Waals surface area contributed by atoms with Crippen LogP contribution >= 0.6 is 0 Å². The molecule has 0 aromatic rings. The molecule has 0 saturated carbocycles. The van der Waals surface area contributed by atoms with Gasteiger partial charge in [-0.2, -0.15) is 0 Å². The molecule has 0 aromatic carbocycles. The van der Waals surface area contributed by atoms with Crippen LogP contribution in [0.15, 0.2) is 0 Å². The molecule has 1 fully saturated rings. The van der Waals surface area contributed by atoms with Gasteiger partial charge >= 0.3 is 0 Å². The quantitative estimate of drug-likeness (QED) is 0.710. The average molecular weight is 214 g/mol. The van der Waals surface area contributed by atoms with Gasteiger partial charge in [-0.25, -0.2) is 0 Å². The van der Waals surface area contributed by atoms with Crippen molar-refractivity contribution in [3.8, 4) is 0 Å². The largest absolute Gasteiger partial charge is 0.392 e. The number of nitrogens with zero attached hydrogens (tertiary/aromatic N) is 1. The molecule has 1 aliphatic rings. The summed E-state index contributed by atoms with van der Waals surface area (Å²) < 4.78 is 0. The zero-order chi connectivity index (χ0) is 11.4. The van der Waals surface area contributed by atoms with Crippen LogP contribution in [0.25, 0.3) is 0 Å². The minimum atomic E-state index is -0.432. The highest BCUT2D eigenvalue weighted by atomic mass is 16.3. The molecule has 0 radical (unpaired) electrons. The predicted octanol–water partition coefficient (Wildman–Crippen LogP) is 0.356. The van der Waals surface area contributed by atoms with E-state index < -0.39 is 6.10 Å². The van der Waals surface area contributed by atoms with Crippen LogP contribution in [0.4, 0.5) is 0 Å². The van der Waals surface area contributed by atoms with E-state index in [-0.39, 0.29) is 18.0 Å². The number of aliphatic hydroxyl groups excluding tert-OH is 1. The van der Waals surface area contributed by atoms with Crippen molar-refractivity contribution in [2.75, 3.05) is 13.1 Å². The van der Waals surface area contributed by atoms with E-state index in [4.69, 9.17) is 0 Å². The molecule has 0 bridgehead atoms. The summed E-state index contributed by atoms with van der Waals surface area (Å²) in [6, 6.07) is -0.251. The lowest BCUT2D eigenvalue weighted by Crippen LogP contribution is -2.49. The Kier molecular flexibility index (Phi) is 4.54. The Balaban J connectivity index is 2.38. The third kappa shape index (κ3) is 3.47. The van der Waals surface area contributed by atoms with E-state index in [1.165, 1.54) is 0 Å². The second kappa shape index (κ2) is 5.47. The molecule has 1 heterocycles. The topological polar surface area (TPSA) is 52.6 Å². The van der Waals surface area contributed by atoms with Crippen molar-refractivity contribution >= 4 is 5.91 Å². The van der Waals surface area contributed by atoms with Crippen molar-refractivity contribution in [3.63, 3.8) is 0 Å². The number of aliphatic hydroxyl groups is 1. The van der Waals surface area contributed by atoms with Crippen molar-refractivity contribution in [1.82, 2.24) is 10.2 Å². The molecule has 15 heavy (non-hydrogen) atoms. The van der Waals surface area contributed by atoms with E-state index >= 15 is 0 Å². The summed E-state index contributed by atoms with van der Waals surface area (Å²) in [4.78, 5) is 13.8. The first kappa shape index (κ1) is 12.5. The van der Waals surface area contributed by atoms with Gasteiger partial charge in [-0.1, -0.05) is 0 Å². The average Bonchev–Trinajstić information content (AvgIpc) is 2.68. The third-order valence-corrected chi connectivity index (χ3v) is 3.02. The molecule has 4 heteroatoms. The Bertz CT molecular complexity index is 213. The highest BCUT2D eigenvalue weighted by Gasteiger charge is 2.24. The smallest absolute Gasteiger partial charge is 0.239 e. The van der Waals surface area contributed by atoms with Gasteiger partial charge in [0.25, 0.3) is 0 Å². The van der Waals surface area contributed by atoms with Crippen molar-refractivity contribution in [2.24, 2.45) is 0 Å². The van der Waals surface area contributed by atoms with E-state index in [0.717, 1.165) is 25.9 Å². The SMILES string of the molecule is CC(NC(C)C(C)O)C(=O)N1CCCC1. The standard InChI is InChI=1S/C11H22N2O2/c1-8(10(3)14)12-9(2)11(15)13-6-4-5-7-13/h8-10,12,14H,4-7H2,1-3H3. The molecule has 88 valence electrons. The molecular weight excluding hydrogens is 192 g/mol. The van der Waals surface area contributed by atoms with Crippen LogP contribution in [0.5, 0.6) is 0 Å². The lowest BCUT2D eigenvalue weighted by Gasteiger charge is -2.25. The van der Waals surface area contributed by atoms with Gasteiger partial charge in [-0.15, -0.1) is 0 Å². The normalized spacial score (nSPS) is 22.5. The van der Waals surface area contributed by atoms with Crippen LogP contribution in [0.3, 0.4) is 0 Å². The highest BCUT2D eigenvalue weighted by Crippen LogP contribution is 2.09. The molecule has 0 spiro atoms. The Hall–Kier alpha value is -0.610. The van der Waals surface area contributed by atoms with Crippen molar-refractivity contribution in [1.29, 1.82) is 0 Å². The molecule has 1 rings (SSSR count). The summed E-state index contributed by atoms with van der Waals surface area (Å²) in [6.45, 7) is 7.24. The molecule has 1 amide bonds. The van der Waals surface area contributed by atoms with Gasteiger partial charge in [0.15, 0.2) is 0 Å². The van der Waals surface area contributed by atoms with Gasteiger partial charge < -0.3 is 15.3 Å². The highest BCUT2D eigenvalue weighted by molar-refractivity contribution is 5.81. The number of nitrogens with one attached hydrogen (secondary N) is 1. The summed E-state index contributed by atoms with van der Waals surface area (Å²) in [6.07, 6.45) is 1.80. The van der Waals surface area contributed by atoms with Gasteiger partial charge in [0.2, 0.25) is 5.91 Å². The first-order valence-corrected chi connectivity index (χ1v) is 5.75. The van der Waals surface area contributed by atoms with E-state index in [1.807, 2.05) is 18.7 Å². The monoisotopic (exact) mass is 214 g/mol. The van der Waals surface area contributed by atoms with Gasteiger partial charge in [0.05, 0.1) is 12.1 Å². The van der Waals surface area contributed by atoms with Crippen LogP contribution < -0.4 is 5.32 Å². The summed E-state index contributed by atoms with van der Waals surface area (Å²) in [5.74, 6) is 0.153. The Morgan fingerprint density at radius 2 is 1.80 bits per heavy atom. The second-order valence-electron chi connectivity index (χ2n) is 4.45. The Morgan fingerprint density at radius 3 is 2.27 bits per heavy atom. The minimum absolute atomic E-state index is 0.0495. The molecule has 3 unspecified atom stereocenters. The van der Waals surface area contributed by atoms with Gasteiger partial charge in [-0.3, -0.25) is 4.79 Å². The minimum Gasteiger partial charge on any atom is -0.392 e. The maximum atomic E-state index is 11.9. The van der Waals surface area contributed by atoms with Gasteiger partial charge in [-0.05, 0) is 33.6 Å². The number of carbonyl (C=O) groups is 1. The maximum absolute atomic E-state index is 11.9. The molecule has 0 aromatic heterocycles. The maximum Gasteiger partial charge on any atom is 0.239 e. The fraction of sp³-hybridized carbons (Fsp3) is 0.909. The molecule has 4 nitrogen and oxygen atoms in total. The molecule has 3 atom stereocenters. The number of hydrogen-bond acceptors (Lipinski definition) is 3. The van der Waals surface area contributed by atoms with Crippen LogP contribution in [0.1, 0.15) is 33.6 Å². The summed E-state index contributed by atoms with van der Waals surface area (Å²) in [5.41, 5.74) is 0. The summed E-state index contributed by atoms with van der Waals surface area (Å²) in [7, 11) is 0. The van der Waals surface area contributed by atoms with Crippen molar-refractivity contribution in [2.45, 2.75) is 51.8 Å². The van der Waals surface area contributed by atoms with Crippen molar-refractivity contribution in [3.05, 3.63) is 0 Å². The Morgan fingerprint density at radius 1 is 1.27 bits per heavy atom. The molecular formula is C11H22N2O2. The van der Waals surface area contributed by atoms with Crippen LogP contribution in [-0.2, 0) is 4.79 Å². The predicted molar refractivity (Wildman–Crippen MR) is 59.6 cm³/mol. The number of amides is 1. The zero-order valence-electron chi connectivity index (χ0n) is 9.86. The molecule has 1 aliphatic heterocycles. The van der Waals surface area contributed by atoms with Gasteiger partial charge in [0.1, 0.15) is 0 Å². The molecule has 0 aliphatic carbocycles. The van der Waals surface area contributed by atoms with E-state index in [0.29, 0.717) is 0 Å². The van der Waals surface area contributed by atoms with E-state index in [2.05, 4.69) is 5.32 Å².